The lowest BCUT2D eigenvalue weighted by molar-refractivity contribution is -0.130. The highest BCUT2D eigenvalue weighted by atomic mass is 32.2. The van der Waals surface area contributed by atoms with E-state index in [4.69, 9.17) is 0 Å². The number of hydrogen-bond donors (Lipinski definition) is 3. The largest absolute Gasteiger partial charge is 0.337 e. The number of urea groups is 2. The zero-order valence-electron chi connectivity index (χ0n) is 16.7. The predicted octanol–water partition coefficient (Wildman–Crippen LogP) is 1.60. The highest BCUT2D eigenvalue weighted by molar-refractivity contribution is 7.90. The highest BCUT2D eigenvalue weighted by Gasteiger charge is 2.23. The quantitative estimate of drug-likeness (QED) is 0.613. The fourth-order valence-electron chi connectivity index (χ4n) is 2.78. The van der Waals surface area contributed by atoms with Crippen molar-refractivity contribution in [1.82, 2.24) is 20.3 Å². The molecule has 1 aromatic carbocycles. The molecule has 10 heteroatoms. The lowest BCUT2D eigenvalue weighted by Crippen LogP contribution is -2.46. The first-order chi connectivity index (χ1) is 13.7. The van der Waals surface area contributed by atoms with Crippen LogP contribution in [0, 0.1) is 5.92 Å². The van der Waals surface area contributed by atoms with Crippen LogP contribution in [0.15, 0.2) is 29.2 Å². The Morgan fingerprint density at radius 2 is 1.79 bits per heavy atom. The zero-order chi connectivity index (χ0) is 21.4. The van der Waals surface area contributed by atoms with Crippen LogP contribution >= 0.6 is 0 Å². The molecule has 160 valence electrons. The van der Waals surface area contributed by atoms with E-state index >= 15 is 0 Å². The Morgan fingerprint density at radius 3 is 2.41 bits per heavy atom. The second-order valence-corrected chi connectivity index (χ2v) is 9.02. The summed E-state index contributed by atoms with van der Waals surface area (Å²) >= 11 is 0. The summed E-state index contributed by atoms with van der Waals surface area (Å²) in [5.74, 6) is 0.0458. The zero-order valence-corrected chi connectivity index (χ0v) is 17.5. The first-order valence-electron chi connectivity index (χ1n) is 9.67. The van der Waals surface area contributed by atoms with Crippen LogP contribution in [0.1, 0.15) is 38.7 Å². The summed E-state index contributed by atoms with van der Waals surface area (Å²) in [5, 5.41) is 5.20. The second-order valence-electron chi connectivity index (χ2n) is 7.34. The molecule has 0 unspecified atom stereocenters. The molecule has 0 saturated carbocycles. The standard InChI is InChI=1S/C19H28N4O5S/c1-14(2)13-21-18(25)22-29(27,28)16-8-6-15(7-9-16)10-11-20-19(26)23-12-4-3-5-17(23)24/h6-9,14H,3-5,10-13H2,1-2H3,(H,20,26)(H2,21,22,25). The molecule has 0 bridgehead atoms. The van der Waals surface area contributed by atoms with Crippen molar-refractivity contribution in [2.24, 2.45) is 5.92 Å². The van der Waals surface area contributed by atoms with Crippen molar-refractivity contribution in [3.05, 3.63) is 29.8 Å². The van der Waals surface area contributed by atoms with Gasteiger partial charge in [0.15, 0.2) is 0 Å². The Kier molecular flexibility index (Phi) is 8.00. The molecule has 2 rings (SSSR count). The lowest BCUT2D eigenvalue weighted by atomic mass is 10.1. The summed E-state index contributed by atoms with van der Waals surface area (Å²) < 4.78 is 26.5. The molecule has 3 N–H and O–H groups in total. The van der Waals surface area contributed by atoms with Gasteiger partial charge in [0, 0.05) is 26.1 Å². The normalized spacial score (nSPS) is 14.6. The van der Waals surface area contributed by atoms with E-state index < -0.39 is 22.1 Å². The average molecular weight is 425 g/mol. The van der Waals surface area contributed by atoms with Gasteiger partial charge < -0.3 is 10.6 Å². The van der Waals surface area contributed by atoms with E-state index in [0.29, 0.717) is 32.5 Å². The molecule has 29 heavy (non-hydrogen) atoms. The van der Waals surface area contributed by atoms with Gasteiger partial charge in [0.05, 0.1) is 4.90 Å². The molecule has 5 amide bonds. The smallest absolute Gasteiger partial charge is 0.328 e. The van der Waals surface area contributed by atoms with E-state index in [1.165, 1.54) is 17.0 Å². The van der Waals surface area contributed by atoms with Crippen molar-refractivity contribution in [3.8, 4) is 0 Å². The number of nitrogens with one attached hydrogen (secondary N) is 3. The topological polar surface area (TPSA) is 125 Å². The van der Waals surface area contributed by atoms with E-state index in [-0.39, 0.29) is 16.7 Å². The van der Waals surface area contributed by atoms with Crippen LogP contribution in [0.4, 0.5) is 9.59 Å². The van der Waals surface area contributed by atoms with Gasteiger partial charge in [-0.1, -0.05) is 26.0 Å². The fourth-order valence-corrected chi connectivity index (χ4v) is 3.71. The maximum Gasteiger partial charge on any atom is 0.328 e. The van der Waals surface area contributed by atoms with Crippen molar-refractivity contribution < 1.29 is 22.8 Å². The van der Waals surface area contributed by atoms with Crippen molar-refractivity contribution in [3.63, 3.8) is 0 Å². The summed E-state index contributed by atoms with van der Waals surface area (Å²) in [7, 11) is -3.95. The van der Waals surface area contributed by atoms with Crippen molar-refractivity contribution in [2.45, 2.75) is 44.4 Å². The van der Waals surface area contributed by atoms with Gasteiger partial charge in [-0.15, -0.1) is 0 Å². The van der Waals surface area contributed by atoms with Crippen LogP contribution < -0.4 is 15.4 Å². The van der Waals surface area contributed by atoms with Gasteiger partial charge in [0.1, 0.15) is 0 Å². The Labute approximate surface area is 171 Å². The lowest BCUT2D eigenvalue weighted by Gasteiger charge is -2.24. The van der Waals surface area contributed by atoms with E-state index in [1.54, 1.807) is 12.1 Å². The van der Waals surface area contributed by atoms with Crippen LogP contribution in [0.2, 0.25) is 0 Å². The van der Waals surface area contributed by atoms with Crippen LogP contribution in [-0.4, -0.2) is 50.9 Å². The number of rotatable bonds is 7. The molecule has 9 nitrogen and oxygen atoms in total. The third-order valence-electron chi connectivity index (χ3n) is 4.39. The summed E-state index contributed by atoms with van der Waals surface area (Å²) in [4.78, 5) is 36.7. The Hall–Kier alpha value is -2.62. The number of nitrogens with zero attached hydrogens (tertiary/aromatic N) is 1. The number of hydrogen-bond acceptors (Lipinski definition) is 5. The number of amides is 5. The van der Waals surface area contributed by atoms with Gasteiger partial charge in [-0.3, -0.25) is 9.69 Å². The predicted molar refractivity (Wildman–Crippen MR) is 108 cm³/mol. The number of piperidine rings is 1. The van der Waals surface area contributed by atoms with Crippen LogP contribution in [0.25, 0.3) is 0 Å². The molecule has 1 aromatic rings. The van der Waals surface area contributed by atoms with E-state index in [1.807, 2.05) is 18.6 Å². The van der Waals surface area contributed by atoms with Gasteiger partial charge in [-0.2, -0.15) is 0 Å². The molecule has 1 aliphatic heterocycles. The van der Waals surface area contributed by atoms with Gasteiger partial charge in [-0.05, 0) is 42.9 Å². The van der Waals surface area contributed by atoms with E-state index in [2.05, 4.69) is 10.6 Å². The van der Waals surface area contributed by atoms with Crippen LogP contribution in [-0.2, 0) is 21.2 Å². The average Bonchev–Trinajstić information content (AvgIpc) is 2.66. The fraction of sp³-hybridized carbons (Fsp3) is 0.526. The highest BCUT2D eigenvalue weighted by Crippen LogP contribution is 2.12. The second kappa shape index (κ2) is 10.2. The SMILES string of the molecule is CC(C)CNC(=O)NS(=O)(=O)c1ccc(CCNC(=O)N2CCCCC2=O)cc1. The monoisotopic (exact) mass is 424 g/mol. The minimum Gasteiger partial charge on any atom is -0.337 e. The van der Waals surface area contributed by atoms with Gasteiger partial charge in [0.2, 0.25) is 5.91 Å². The molecule has 0 aromatic heterocycles. The van der Waals surface area contributed by atoms with Crippen molar-refractivity contribution in [1.29, 1.82) is 0 Å². The minimum absolute atomic E-state index is 0.0242. The number of carbonyl (C=O) groups excluding carboxylic acids is 3. The number of carbonyl (C=O) groups is 3. The summed E-state index contributed by atoms with van der Waals surface area (Å²) in [6.07, 6.45) is 2.51. The van der Waals surface area contributed by atoms with Crippen molar-refractivity contribution >= 4 is 28.0 Å². The molecule has 1 fully saturated rings. The molecule has 0 spiro atoms. The first-order valence-corrected chi connectivity index (χ1v) is 11.1. The Bertz CT molecular complexity index is 837. The number of imide groups is 1. The van der Waals surface area contributed by atoms with E-state index in [9.17, 15) is 22.8 Å². The summed E-state index contributed by atoms with van der Waals surface area (Å²) in [6.45, 7) is 4.94. The number of likely N-dealkylation sites (tertiary alicyclic amines) is 1. The molecule has 0 aliphatic carbocycles. The minimum atomic E-state index is -3.95. The maximum absolute atomic E-state index is 12.2. The molecular weight excluding hydrogens is 396 g/mol. The Morgan fingerprint density at radius 1 is 1.10 bits per heavy atom. The molecule has 1 saturated heterocycles. The van der Waals surface area contributed by atoms with Crippen molar-refractivity contribution in [2.75, 3.05) is 19.6 Å². The molecule has 1 aliphatic rings. The molecule has 1 heterocycles. The molecular formula is C19H28N4O5S. The summed E-state index contributed by atoms with van der Waals surface area (Å²) in [6, 6.07) is 4.90. The Balaban J connectivity index is 1.83. The van der Waals surface area contributed by atoms with Gasteiger partial charge >= 0.3 is 12.1 Å². The van der Waals surface area contributed by atoms with Crippen LogP contribution in [0.3, 0.4) is 0 Å². The molecule has 0 atom stereocenters. The third kappa shape index (κ3) is 7.04. The maximum atomic E-state index is 12.2. The molecule has 0 radical (unpaired) electrons. The number of sulfonamides is 1. The van der Waals surface area contributed by atoms with E-state index in [0.717, 1.165) is 18.4 Å². The first kappa shape index (κ1) is 22.7. The van der Waals surface area contributed by atoms with Gasteiger partial charge in [-0.25, -0.2) is 22.7 Å². The van der Waals surface area contributed by atoms with Crippen LogP contribution in [0.5, 0.6) is 0 Å². The number of benzene rings is 1. The third-order valence-corrected chi connectivity index (χ3v) is 5.74. The summed E-state index contributed by atoms with van der Waals surface area (Å²) in [5.41, 5.74) is 0.818. The van der Waals surface area contributed by atoms with Gasteiger partial charge in [0.25, 0.3) is 10.0 Å².